The largest absolute Gasteiger partial charge is 0.396 e. The molecule has 0 radical (unpaired) electrons. The van der Waals surface area contributed by atoms with Crippen LogP contribution in [0.4, 0.5) is 10.1 Å². The topological polar surface area (TPSA) is 75.4 Å². The maximum Gasteiger partial charge on any atom is 0.272 e. The molecule has 0 aliphatic carbocycles. The Balaban J connectivity index is 2.55. The van der Waals surface area contributed by atoms with Gasteiger partial charge in [0.25, 0.3) is 5.69 Å². The Morgan fingerprint density at radius 2 is 2.21 bits per heavy atom. The molecule has 19 heavy (non-hydrogen) atoms. The van der Waals surface area contributed by atoms with Crippen LogP contribution < -0.4 is 5.32 Å². The molecule has 0 amide bonds. The number of benzene rings is 1. The number of nitrogens with zero attached hydrogens (tertiary/aromatic N) is 1. The van der Waals surface area contributed by atoms with Crippen molar-refractivity contribution in [2.45, 2.75) is 26.3 Å². The summed E-state index contributed by atoms with van der Waals surface area (Å²) in [7, 11) is 0. The van der Waals surface area contributed by atoms with Gasteiger partial charge in [0.1, 0.15) is 5.82 Å². The molecule has 1 rings (SSSR count). The normalized spacial score (nSPS) is 12.4. The van der Waals surface area contributed by atoms with Gasteiger partial charge in [0.15, 0.2) is 0 Å². The number of nitrogens with one attached hydrogen (secondary N) is 1. The van der Waals surface area contributed by atoms with Gasteiger partial charge < -0.3 is 10.4 Å². The van der Waals surface area contributed by atoms with Gasteiger partial charge in [-0.15, -0.1) is 0 Å². The second-order valence-electron chi connectivity index (χ2n) is 4.49. The van der Waals surface area contributed by atoms with Gasteiger partial charge in [0.05, 0.1) is 11.0 Å². The van der Waals surface area contributed by atoms with E-state index in [0.717, 1.165) is 12.5 Å². The molecule has 0 aromatic heterocycles. The van der Waals surface area contributed by atoms with Gasteiger partial charge >= 0.3 is 0 Å². The molecule has 5 nitrogen and oxygen atoms in total. The third-order valence-corrected chi connectivity index (χ3v) is 3.03. The SMILES string of the molecule is CCC(CCO)CNCc1cc(F)cc([N+](=O)[O-])c1. The maximum absolute atomic E-state index is 13.2. The third-order valence-electron chi connectivity index (χ3n) is 3.03. The molecule has 1 unspecified atom stereocenters. The zero-order valence-electron chi connectivity index (χ0n) is 10.9. The average Bonchev–Trinajstić information content (AvgIpc) is 2.37. The Morgan fingerprint density at radius 1 is 1.47 bits per heavy atom. The fourth-order valence-corrected chi connectivity index (χ4v) is 1.89. The number of nitro groups is 1. The highest BCUT2D eigenvalue weighted by Gasteiger charge is 2.10. The molecule has 0 saturated heterocycles. The lowest BCUT2D eigenvalue weighted by Gasteiger charge is -2.14. The van der Waals surface area contributed by atoms with Crippen LogP contribution in [-0.4, -0.2) is 23.2 Å². The van der Waals surface area contributed by atoms with Gasteiger partial charge in [-0.1, -0.05) is 13.3 Å². The number of nitro benzene ring substituents is 1. The lowest BCUT2D eigenvalue weighted by Crippen LogP contribution is -2.23. The summed E-state index contributed by atoms with van der Waals surface area (Å²) in [6.45, 7) is 3.25. The summed E-state index contributed by atoms with van der Waals surface area (Å²) in [4.78, 5) is 10.0. The Labute approximate surface area is 111 Å². The zero-order chi connectivity index (χ0) is 14.3. The summed E-state index contributed by atoms with van der Waals surface area (Å²) in [5, 5.41) is 22.6. The van der Waals surface area contributed by atoms with Crippen LogP contribution in [0.2, 0.25) is 0 Å². The molecule has 0 spiro atoms. The number of non-ortho nitro benzene ring substituents is 1. The van der Waals surface area contributed by atoms with E-state index in [1.54, 1.807) is 0 Å². The van der Waals surface area contributed by atoms with E-state index in [1.165, 1.54) is 12.1 Å². The lowest BCUT2D eigenvalue weighted by atomic mass is 10.0. The van der Waals surface area contributed by atoms with Crippen LogP contribution in [0.15, 0.2) is 18.2 Å². The van der Waals surface area contributed by atoms with Crippen LogP contribution in [-0.2, 0) is 6.54 Å². The van der Waals surface area contributed by atoms with Crippen molar-refractivity contribution in [1.29, 1.82) is 0 Å². The van der Waals surface area contributed by atoms with Crippen molar-refractivity contribution in [2.24, 2.45) is 5.92 Å². The van der Waals surface area contributed by atoms with E-state index in [2.05, 4.69) is 5.32 Å². The lowest BCUT2D eigenvalue weighted by molar-refractivity contribution is -0.385. The Morgan fingerprint density at radius 3 is 2.79 bits per heavy atom. The molecule has 6 heteroatoms. The Bertz CT molecular complexity index is 426. The summed E-state index contributed by atoms with van der Waals surface area (Å²) in [5.74, 6) is -0.248. The van der Waals surface area contributed by atoms with Gasteiger partial charge in [-0.2, -0.15) is 0 Å². The smallest absolute Gasteiger partial charge is 0.272 e. The van der Waals surface area contributed by atoms with Crippen LogP contribution in [0.1, 0.15) is 25.3 Å². The van der Waals surface area contributed by atoms with E-state index < -0.39 is 10.7 Å². The average molecular weight is 270 g/mol. The monoisotopic (exact) mass is 270 g/mol. The molecule has 106 valence electrons. The second kappa shape index (κ2) is 7.81. The van der Waals surface area contributed by atoms with Crippen molar-refractivity contribution in [3.8, 4) is 0 Å². The number of halogens is 1. The first-order valence-corrected chi connectivity index (χ1v) is 6.32. The van der Waals surface area contributed by atoms with Crippen molar-refractivity contribution in [3.63, 3.8) is 0 Å². The van der Waals surface area contributed by atoms with Crippen molar-refractivity contribution in [1.82, 2.24) is 5.32 Å². The van der Waals surface area contributed by atoms with Crippen LogP contribution in [0, 0.1) is 21.8 Å². The van der Waals surface area contributed by atoms with Crippen LogP contribution in [0.3, 0.4) is 0 Å². The first-order chi connectivity index (χ1) is 9.06. The van der Waals surface area contributed by atoms with E-state index in [0.29, 0.717) is 31.0 Å². The van der Waals surface area contributed by atoms with Crippen LogP contribution in [0.25, 0.3) is 0 Å². The standard InChI is InChI=1S/C13H19FN2O3/c1-2-10(3-4-17)8-15-9-11-5-12(14)7-13(6-11)16(18)19/h5-7,10,15,17H,2-4,8-9H2,1H3. The molecule has 0 heterocycles. The summed E-state index contributed by atoms with van der Waals surface area (Å²) >= 11 is 0. The van der Waals surface area contributed by atoms with Crippen molar-refractivity contribution in [2.75, 3.05) is 13.2 Å². The molecule has 0 saturated carbocycles. The summed E-state index contributed by atoms with van der Waals surface area (Å²) < 4.78 is 13.2. The molecule has 1 atom stereocenters. The van der Waals surface area contributed by atoms with Crippen LogP contribution in [0.5, 0.6) is 0 Å². The van der Waals surface area contributed by atoms with Crippen LogP contribution >= 0.6 is 0 Å². The molecule has 0 aliphatic rings. The fraction of sp³-hybridized carbons (Fsp3) is 0.538. The minimum absolute atomic E-state index is 0.144. The molecular weight excluding hydrogens is 251 g/mol. The maximum atomic E-state index is 13.2. The van der Waals surface area contributed by atoms with Gasteiger partial charge in [0.2, 0.25) is 0 Å². The van der Waals surface area contributed by atoms with Gasteiger partial charge in [-0.25, -0.2) is 4.39 Å². The minimum Gasteiger partial charge on any atom is -0.396 e. The molecular formula is C13H19FN2O3. The number of aliphatic hydroxyl groups is 1. The van der Waals surface area contributed by atoms with Crippen molar-refractivity contribution < 1.29 is 14.4 Å². The number of hydrogen-bond donors (Lipinski definition) is 2. The fourth-order valence-electron chi connectivity index (χ4n) is 1.89. The third kappa shape index (κ3) is 5.32. The van der Waals surface area contributed by atoms with E-state index >= 15 is 0 Å². The molecule has 0 aliphatic heterocycles. The van der Waals surface area contributed by atoms with E-state index in [4.69, 9.17) is 5.11 Å². The number of hydrogen-bond acceptors (Lipinski definition) is 4. The highest BCUT2D eigenvalue weighted by Crippen LogP contribution is 2.16. The highest BCUT2D eigenvalue weighted by atomic mass is 19.1. The molecule has 0 bridgehead atoms. The van der Waals surface area contributed by atoms with E-state index in [1.807, 2.05) is 6.92 Å². The predicted octanol–water partition coefficient (Wildman–Crippen LogP) is 2.23. The van der Waals surface area contributed by atoms with E-state index in [-0.39, 0.29) is 12.3 Å². The van der Waals surface area contributed by atoms with Crippen molar-refractivity contribution in [3.05, 3.63) is 39.7 Å². The Kier molecular flexibility index (Phi) is 6.38. The predicted molar refractivity (Wildman–Crippen MR) is 70.2 cm³/mol. The quantitative estimate of drug-likeness (QED) is 0.561. The summed E-state index contributed by atoms with van der Waals surface area (Å²) in [6, 6.07) is 3.56. The first-order valence-electron chi connectivity index (χ1n) is 6.32. The van der Waals surface area contributed by atoms with Crippen molar-refractivity contribution >= 4 is 5.69 Å². The zero-order valence-corrected chi connectivity index (χ0v) is 10.9. The molecule has 1 aromatic rings. The minimum atomic E-state index is -0.604. The number of aliphatic hydroxyl groups excluding tert-OH is 1. The van der Waals surface area contributed by atoms with Gasteiger partial charge in [0, 0.05) is 19.2 Å². The number of rotatable bonds is 8. The summed E-state index contributed by atoms with van der Waals surface area (Å²) in [5.41, 5.74) is 0.310. The van der Waals surface area contributed by atoms with Gasteiger partial charge in [-0.3, -0.25) is 10.1 Å². The molecule has 0 fully saturated rings. The molecule has 2 N–H and O–H groups in total. The van der Waals surface area contributed by atoms with Gasteiger partial charge in [-0.05, 0) is 30.5 Å². The highest BCUT2D eigenvalue weighted by molar-refractivity contribution is 5.35. The second-order valence-corrected chi connectivity index (χ2v) is 4.49. The Hall–Kier alpha value is -1.53. The first kappa shape index (κ1) is 15.5. The summed E-state index contributed by atoms with van der Waals surface area (Å²) in [6.07, 6.45) is 1.66. The molecule has 1 aromatic carbocycles. The van der Waals surface area contributed by atoms with E-state index in [9.17, 15) is 14.5 Å².